The second kappa shape index (κ2) is 6.01. The third-order valence-corrected chi connectivity index (χ3v) is 2.59. The summed E-state index contributed by atoms with van der Waals surface area (Å²) in [4.78, 5) is 15.5. The molecular formula is C14H11F2N3O. The molecule has 1 aromatic heterocycles. The Morgan fingerprint density at radius 2 is 1.90 bits per heavy atom. The van der Waals surface area contributed by atoms with E-state index in [-0.39, 0.29) is 11.3 Å². The van der Waals surface area contributed by atoms with Gasteiger partial charge < -0.3 is 0 Å². The average molecular weight is 275 g/mol. The predicted octanol–water partition coefficient (Wildman–Crippen LogP) is 2.51. The summed E-state index contributed by atoms with van der Waals surface area (Å²) < 4.78 is 26.3. The first-order chi connectivity index (χ1) is 9.58. The van der Waals surface area contributed by atoms with E-state index in [1.807, 2.05) is 0 Å². The van der Waals surface area contributed by atoms with Gasteiger partial charge in [-0.15, -0.1) is 0 Å². The Labute approximate surface area is 114 Å². The Kier molecular flexibility index (Phi) is 4.14. The fourth-order valence-corrected chi connectivity index (χ4v) is 1.55. The number of rotatable bonds is 3. The van der Waals surface area contributed by atoms with Crippen molar-refractivity contribution in [3.05, 3.63) is 65.5 Å². The monoisotopic (exact) mass is 275 g/mol. The third-order valence-electron chi connectivity index (χ3n) is 2.59. The number of hydrogen-bond acceptors (Lipinski definition) is 3. The number of amides is 1. The van der Waals surface area contributed by atoms with Gasteiger partial charge in [0.25, 0.3) is 5.91 Å². The highest BCUT2D eigenvalue weighted by Crippen LogP contribution is 2.10. The van der Waals surface area contributed by atoms with Crippen molar-refractivity contribution in [2.45, 2.75) is 6.92 Å². The number of aromatic nitrogens is 1. The molecule has 2 aromatic rings. The highest BCUT2D eigenvalue weighted by atomic mass is 19.1. The van der Waals surface area contributed by atoms with Crippen molar-refractivity contribution in [3.63, 3.8) is 0 Å². The van der Waals surface area contributed by atoms with Crippen LogP contribution in [0.4, 0.5) is 8.78 Å². The van der Waals surface area contributed by atoms with Gasteiger partial charge in [0.2, 0.25) is 0 Å². The van der Waals surface area contributed by atoms with Gasteiger partial charge in [0.1, 0.15) is 11.6 Å². The molecule has 1 N–H and O–H groups in total. The van der Waals surface area contributed by atoms with Crippen LogP contribution in [-0.4, -0.2) is 16.6 Å². The minimum Gasteiger partial charge on any atom is -0.267 e. The Morgan fingerprint density at radius 3 is 2.55 bits per heavy atom. The Balaban J connectivity index is 2.13. The van der Waals surface area contributed by atoms with Crippen LogP contribution in [0.5, 0.6) is 0 Å². The zero-order valence-electron chi connectivity index (χ0n) is 10.6. The first-order valence-corrected chi connectivity index (χ1v) is 5.78. The zero-order valence-corrected chi connectivity index (χ0v) is 10.6. The lowest BCUT2D eigenvalue weighted by molar-refractivity contribution is 0.0954. The lowest BCUT2D eigenvalue weighted by Crippen LogP contribution is -2.19. The highest BCUT2D eigenvalue weighted by Gasteiger charge is 2.08. The molecule has 102 valence electrons. The lowest BCUT2D eigenvalue weighted by atomic mass is 10.1. The number of carbonyl (C=O) groups is 1. The molecule has 0 unspecified atom stereocenters. The maximum Gasteiger partial charge on any atom is 0.271 e. The summed E-state index contributed by atoms with van der Waals surface area (Å²) in [5.74, 6) is -1.83. The number of nitrogens with one attached hydrogen (secondary N) is 1. The zero-order chi connectivity index (χ0) is 14.5. The van der Waals surface area contributed by atoms with Crippen LogP contribution in [0.1, 0.15) is 22.8 Å². The maximum absolute atomic E-state index is 13.5. The van der Waals surface area contributed by atoms with Gasteiger partial charge in [-0.3, -0.25) is 9.78 Å². The van der Waals surface area contributed by atoms with Crippen LogP contribution in [-0.2, 0) is 0 Å². The number of carbonyl (C=O) groups excluding carboxylic acids is 1. The van der Waals surface area contributed by atoms with Crippen molar-refractivity contribution in [3.8, 4) is 0 Å². The quantitative estimate of drug-likeness (QED) is 0.691. The van der Waals surface area contributed by atoms with Crippen LogP contribution in [0.15, 0.2) is 47.8 Å². The highest BCUT2D eigenvalue weighted by molar-refractivity contribution is 6.00. The summed E-state index contributed by atoms with van der Waals surface area (Å²) in [6, 6.07) is 6.21. The number of hydrazone groups is 1. The molecule has 0 bridgehead atoms. The van der Waals surface area contributed by atoms with Gasteiger partial charge in [-0.2, -0.15) is 5.10 Å². The van der Waals surface area contributed by atoms with E-state index < -0.39 is 17.5 Å². The molecule has 0 spiro atoms. The number of pyridine rings is 1. The van der Waals surface area contributed by atoms with E-state index in [0.717, 1.165) is 12.1 Å². The molecule has 4 nitrogen and oxygen atoms in total. The second-order valence-electron chi connectivity index (χ2n) is 4.00. The van der Waals surface area contributed by atoms with Gasteiger partial charge in [-0.1, -0.05) is 0 Å². The molecule has 0 saturated carbocycles. The molecule has 6 heteroatoms. The Hall–Kier alpha value is -2.63. The standard InChI is InChI=1S/C14H11F2N3O/c1-9(12-3-2-11(15)8-13(12)16)18-19-14(20)10-4-6-17-7-5-10/h2-8H,1H3,(H,19,20)/b18-9+. The number of nitrogens with zero attached hydrogens (tertiary/aromatic N) is 2. The minimum absolute atomic E-state index is 0.126. The molecule has 0 aliphatic rings. The molecule has 1 amide bonds. The second-order valence-corrected chi connectivity index (χ2v) is 4.00. The van der Waals surface area contributed by atoms with Crippen LogP contribution in [0, 0.1) is 11.6 Å². The summed E-state index contributed by atoms with van der Waals surface area (Å²) >= 11 is 0. The van der Waals surface area contributed by atoms with Gasteiger partial charge >= 0.3 is 0 Å². The largest absolute Gasteiger partial charge is 0.271 e. The van der Waals surface area contributed by atoms with Crippen molar-refractivity contribution in [1.29, 1.82) is 0 Å². The van der Waals surface area contributed by atoms with Gasteiger partial charge in [-0.25, -0.2) is 14.2 Å². The fourth-order valence-electron chi connectivity index (χ4n) is 1.55. The summed E-state index contributed by atoms with van der Waals surface area (Å²) in [5, 5.41) is 3.80. The predicted molar refractivity (Wildman–Crippen MR) is 70.3 cm³/mol. The van der Waals surface area contributed by atoms with Crippen LogP contribution in [0.2, 0.25) is 0 Å². The van der Waals surface area contributed by atoms with E-state index in [4.69, 9.17) is 0 Å². The Morgan fingerprint density at radius 1 is 1.20 bits per heavy atom. The minimum atomic E-state index is -0.732. The van der Waals surface area contributed by atoms with Crippen molar-refractivity contribution in [2.75, 3.05) is 0 Å². The molecule has 0 aliphatic carbocycles. The summed E-state index contributed by atoms with van der Waals surface area (Å²) in [5.41, 5.74) is 3.05. The number of benzene rings is 1. The van der Waals surface area contributed by atoms with Gasteiger partial charge in [0.15, 0.2) is 0 Å². The SMILES string of the molecule is C/C(=N\NC(=O)c1ccncc1)c1ccc(F)cc1F. The Bertz CT molecular complexity index is 657. The van der Waals surface area contributed by atoms with E-state index in [1.54, 1.807) is 0 Å². The smallest absolute Gasteiger partial charge is 0.267 e. The maximum atomic E-state index is 13.5. The average Bonchev–Trinajstić information content (AvgIpc) is 2.45. The van der Waals surface area contributed by atoms with Crippen molar-refractivity contribution < 1.29 is 13.6 Å². The molecule has 0 saturated heterocycles. The van der Waals surface area contributed by atoms with E-state index in [1.165, 1.54) is 37.5 Å². The normalized spacial score (nSPS) is 11.2. The van der Waals surface area contributed by atoms with Crippen LogP contribution in [0.3, 0.4) is 0 Å². The van der Waals surface area contributed by atoms with E-state index in [2.05, 4.69) is 15.5 Å². The molecule has 0 fully saturated rings. The number of halogens is 2. The topological polar surface area (TPSA) is 54.4 Å². The van der Waals surface area contributed by atoms with Gasteiger partial charge in [-0.05, 0) is 31.2 Å². The van der Waals surface area contributed by atoms with Crippen molar-refractivity contribution >= 4 is 11.6 Å². The molecule has 20 heavy (non-hydrogen) atoms. The van der Waals surface area contributed by atoms with Crippen molar-refractivity contribution in [2.24, 2.45) is 5.10 Å². The molecule has 1 heterocycles. The van der Waals surface area contributed by atoms with Crippen LogP contribution in [0.25, 0.3) is 0 Å². The third kappa shape index (κ3) is 3.23. The fraction of sp³-hybridized carbons (Fsp3) is 0.0714. The molecule has 0 atom stereocenters. The van der Waals surface area contributed by atoms with Gasteiger partial charge in [0, 0.05) is 29.6 Å². The summed E-state index contributed by atoms with van der Waals surface area (Å²) in [7, 11) is 0. The van der Waals surface area contributed by atoms with E-state index >= 15 is 0 Å². The van der Waals surface area contributed by atoms with Gasteiger partial charge in [0.05, 0.1) is 5.71 Å². The first-order valence-electron chi connectivity index (χ1n) is 5.78. The summed E-state index contributed by atoms with van der Waals surface area (Å²) in [6.07, 6.45) is 2.95. The van der Waals surface area contributed by atoms with Crippen molar-refractivity contribution in [1.82, 2.24) is 10.4 Å². The first kappa shape index (κ1) is 13.8. The number of hydrogen-bond donors (Lipinski definition) is 1. The molecule has 0 radical (unpaired) electrons. The van der Waals surface area contributed by atoms with Crippen LogP contribution >= 0.6 is 0 Å². The van der Waals surface area contributed by atoms with Crippen LogP contribution < -0.4 is 5.43 Å². The lowest BCUT2D eigenvalue weighted by Gasteiger charge is -2.04. The van der Waals surface area contributed by atoms with E-state index in [9.17, 15) is 13.6 Å². The molecule has 0 aliphatic heterocycles. The molecular weight excluding hydrogens is 264 g/mol. The summed E-state index contributed by atoms with van der Waals surface area (Å²) in [6.45, 7) is 1.52. The van der Waals surface area contributed by atoms with E-state index in [0.29, 0.717) is 5.56 Å². The molecule has 1 aromatic carbocycles. The molecule has 2 rings (SSSR count).